The molecule has 0 aromatic heterocycles. The van der Waals surface area contributed by atoms with Crippen LogP contribution in [0.25, 0.3) is 0 Å². The van der Waals surface area contributed by atoms with Crippen LogP contribution in [0, 0.1) is 0 Å². The van der Waals surface area contributed by atoms with Crippen molar-refractivity contribution in [2.24, 2.45) is 0 Å². The number of rotatable bonds is 3. The number of nitrogens with zero attached hydrogens (tertiary/aromatic N) is 2. The first-order valence-electron chi connectivity index (χ1n) is 5.31. The van der Waals surface area contributed by atoms with Gasteiger partial charge >= 0.3 is 5.97 Å². The quantitative estimate of drug-likeness (QED) is 0.698. The van der Waals surface area contributed by atoms with E-state index in [-0.39, 0.29) is 0 Å². The molecular formula is C11H20N2O2. The molecule has 0 amide bonds. The van der Waals surface area contributed by atoms with E-state index in [1.165, 1.54) is 6.08 Å². The average Bonchev–Trinajstić information content (AvgIpc) is 2.08. The molecular weight excluding hydrogens is 192 g/mol. The van der Waals surface area contributed by atoms with Gasteiger partial charge in [-0.15, -0.1) is 0 Å². The molecule has 0 aromatic carbocycles. The lowest BCUT2D eigenvalue weighted by molar-refractivity contribution is -0.131. The van der Waals surface area contributed by atoms with Gasteiger partial charge in [0.15, 0.2) is 0 Å². The minimum Gasteiger partial charge on any atom is -0.478 e. The lowest BCUT2D eigenvalue weighted by Gasteiger charge is -2.38. The van der Waals surface area contributed by atoms with Gasteiger partial charge in [0.05, 0.1) is 0 Å². The molecule has 1 saturated heterocycles. The summed E-state index contributed by atoms with van der Waals surface area (Å²) in [4.78, 5) is 15.1. The van der Waals surface area contributed by atoms with E-state index in [1.807, 2.05) is 6.92 Å². The van der Waals surface area contributed by atoms with Crippen LogP contribution in [0.2, 0.25) is 0 Å². The van der Waals surface area contributed by atoms with Gasteiger partial charge in [0.2, 0.25) is 0 Å². The van der Waals surface area contributed by atoms with Gasteiger partial charge in [-0.3, -0.25) is 4.90 Å². The van der Waals surface area contributed by atoms with Gasteiger partial charge in [0.25, 0.3) is 0 Å². The molecule has 0 aromatic rings. The Kier molecular flexibility index (Phi) is 4.29. The highest BCUT2D eigenvalue weighted by molar-refractivity contribution is 5.80. The predicted molar refractivity (Wildman–Crippen MR) is 59.9 cm³/mol. The van der Waals surface area contributed by atoms with Crippen molar-refractivity contribution in [1.82, 2.24) is 9.80 Å². The van der Waals surface area contributed by atoms with Gasteiger partial charge in [-0.25, -0.2) is 4.79 Å². The average molecular weight is 212 g/mol. The van der Waals surface area contributed by atoms with E-state index < -0.39 is 5.97 Å². The van der Waals surface area contributed by atoms with Crippen molar-refractivity contribution in [2.45, 2.75) is 19.9 Å². The minimum absolute atomic E-state index is 0.501. The molecule has 1 unspecified atom stereocenters. The van der Waals surface area contributed by atoms with Crippen molar-refractivity contribution in [1.29, 1.82) is 0 Å². The van der Waals surface area contributed by atoms with Crippen molar-refractivity contribution < 1.29 is 9.90 Å². The monoisotopic (exact) mass is 212 g/mol. The Hall–Kier alpha value is -0.870. The van der Waals surface area contributed by atoms with E-state index in [2.05, 4.69) is 23.8 Å². The first-order chi connectivity index (χ1) is 6.99. The first-order valence-corrected chi connectivity index (χ1v) is 5.31. The summed E-state index contributed by atoms with van der Waals surface area (Å²) in [6.07, 6.45) is 1.30. The Morgan fingerprint density at radius 2 is 2.20 bits per heavy atom. The number of carbonyl (C=O) groups is 1. The number of hydrogen-bond acceptors (Lipinski definition) is 3. The summed E-state index contributed by atoms with van der Waals surface area (Å²) in [7, 11) is 2.12. The van der Waals surface area contributed by atoms with Gasteiger partial charge in [-0.1, -0.05) is 5.57 Å². The molecule has 0 bridgehead atoms. The highest BCUT2D eigenvalue weighted by Crippen LogP contribution is 2.10. The molecule has 1 fully saturated rings. The maximum atomic E-state index is 10.5. The Bertz CT molecular complexity index is 263. The molecule has 1 N–H and O–H groups in total. The van der Waals surface area contributed by atoms with Gasteiger partial charge in [0, 0.05) is 38.3 Å². The van der Waals surface area contributed by atoms with Crippen LogP contribution in [0.4, 0.5) is 0 Å². The van der Waals surface area contributed by atoms with E-state index >= 15 is 0 Å². The molecule has 1 aliphatic rings. The number of aliphatic carboxylic acids is 1. The maximum absolute atomic E-state index is 10.5. The van der Waals surface area contributed by atoms with Crippen LogP contribution < -0.4 is 0 Å². The lowest BCUT2D eigenvalue weighted by Crippen LogP contribution is -2.50. The second-order valence-electron chi connectivity index (χ2n) is 4.41. The van der Waals surface area contributed by atoms with E-state index in [4.69, 9.17) is 5.11 Å². The summed E-state index contributed by atoms with van der Waals surface area (Å²) in [5.41, 5.74) is 0.916. The largest absolute Gasteiger partial charge is 0.478 e. The van der Waals surface area contributed by atoms with Crippen molar-refractivity contribution in [2.75, 3.05) is 33.2 Å². The second kappa shape index (κ2) is 5.28. The summed E-state index contributed by atoms with van der Waals surface area (Å²) < 4.78 is 0. The van der Waals surface area contributed by atoms with Crippen LogP contribution in [0.3, 0.4) is 0 Å². The fourth-order valence-corrected chi connectivity index (χ4v) is 1.99. The molecule has 1 heterocycles. The summed E-state index contributed by atoms with van der Waals surface area (Å²) >= 11 is 0. The van der Waals surface area contributed by atoms with Crippen LogP contribution in [0.5, 0.6) is 0 Å². The highest BCUT2D eigenvalue weighted by atomic mass is 16.4. The minimum atomic E-state index is -0.853. The van der Waals surface area contributed by atoms with E-state index in [0.29, 0.717) is 6.04 Å². The third-order valence-corrected chi connectivity index (χ3v) is 2.79. The standard InChI is InChI=1S/C11H20N2O2/c1-9(6-11(14)15)7-13-5-4-12(3)8-10(13)2/h6,10H,4-5,7-8H2,1-3H3,(H,14,15)/b9-6+. The zero-order valence-electron chi connectivity index (χ0n) is 9.73. The Morgan fingerprint density at radius 1 is 1.53 bits per heavy atom. The third kappa shape index (κ3) is 4.01. The second-order valence-corrected chi connectivity index (χ2v) is 4.41. The summed E-state index contributed by atoms with van der Waals surface area (Å²) in [5, 5.41) is 8.62. The van der Waals surface area contributed by atoms with Crippen LogP contribution in [0.1, 0.15) is 13.8 Å². The fourth-order valence-electron chi connectivity index (χ4n) is 1.99. The Balaban J connectivity index is 2.48. The van der Waals surface area contributed by atoms with E-state index in [0.717, 1.165) is 31.8 Å². The molecule has 0 saturated carbocycles. The van der Waals surface area contributed by atoms with Crippen molar-refractivity contribution in [3.63, 3.8) is 0 Å². The fraction of sp³-hybridized carbons (Fsp3) is 0.727. The zero-order chi connectivity index (χ0) is 11.4. The Labute approximate surface area is 91.2 Å². The molecule has 4 heteroatoms. The van der Waals surface area contributed by atoms with E-state index in [9.17, 15) is 4.79 Å². The van der Waals surface area contributed by atoms with E-state index in [1.54, 1.807) is 0 Å². The number of hydrogen-bond donors (Lipinski definition) is 1. The van der Waals surface area contributed by atoms with Crippen LogP contribution in [0.15, 0.2) is 11.6 Å². The van der Waals surface area contributed by atoms with Gasteiger partial charge in [0.1, 0.15) is 0 Å². The molecule has 4 nitrogen and oxygen atoms in total. The van der Waals surface area contributed by atoms with Crippen molar-refractivity contribution >= 4 is 5.97 Å². The summed E-state index contributed by atoms with van der Waals surface area (Å²) in [6.45, 7) is 7.96. The van der Waals surface area contributed by atoms with Crippen LogP contribution >= 0.6 is 0 Å². The lowest BCUT2D eigenvalue weighted by atomic mass is 10.1. The molecule has 86 valence electrons. The zero-order valence-corrected chi connectivity index (χ0v) is 9.73. The summed E-state index contributed by atoms with van der Waals surface area (Å²) in [6, 6.07) is 0.501. The smallest absolute Gasteiger partial charge is 0.328 e. The summed E-state index contributed by atoms with van der Waals surface area (Å²) in [5.74, 6) is -0.853. The number of carboxylic acids is 1. The normalized spacial score (nSPS) is 25.5. The van der Waals surface area contributed by atoms with Gasteiger partial charge in [-0.2, -0.15) is 0 Å². The molecule has 1 aliphatic heterocycles. The third-order valence-electron chi connectivity index (χ3n) is 2.79. The molecule has 15 heavy (non-hydrogen) atoms. The number of piperazine rings is 1. The highest BCUT2D eigenvalue weighted by Gasteiger charge is 2.21. The predicted octanol–water partition coefficient (Wildman–Crippen LogP) is 0.653. The Morgan fingerprint density at radius 3 is 2.73 bits per heavy atom. The van der Waals surface area contributed by atoms with Gasteiger partial charge in [-0.05, 0) is 20.9 Å². The SMILES string of the molecule is C/C(=C\C(=O)O)CN1CCN(C)CC1C. The molecule has 1 atom stereocenters. The van der Waals surface area contributed by atoms with Crippen LogP contribution in [-0.4, -0.2) is 60.1 Å². The maximum Gasteiger partial charge on any atom is 0.328 e. The molecule has 0 spiro atoms. The van der Waals surface area contributed by atoms with Gasteiger partial charge < -0.3 is 10.0 Å². The van der Waals surface area contributed by atoms with Crippen molar-refractivity contribution in [3.8, 4) is 0 Å². The number of likely N-dealkylation sites (N-methyl/N-ethyl adjacent to an activating group) is 1. The van der Waals surface area contributed by atoms with Crippen molar-refractivity contribution in [3.05, 3.63) is 11.6 Å². The number of carboxylic acid groups (broad SMARTS) is 1. The first kappa shape index (κ1) is 12.2. The topological polar surface area (TPSA) is 43.8 Å². The van der Waals surface area contributed by atoms with Crippen LogP contribution in [-0.2, 0) is 4.79 Å². The molecule has 1 rings (SSSR count). The molecule has 0 radical (unpaired) electrons. The molecule has 0 aliphatic carbocycles.